The Bertz CT molecular complexity index is 642. The molecule has 0 saturated heterocycles. The topological polar surface area (TPSA) is 29.5 Å². The number of hydrogen-bond donors (Lipinski definition) is 1. The molecule has 2 aromatic rings. The molecule has 4 heteroatoms. The quantitative estimate of drug-likeness (QED) is 0.935. The van der Waals surface area contributed by atoms with Crippen LogP contribution in [0.4, 0.5) is 4.39 Å². The van der Waals surface area contributed by atoms with Crippen molar-refractivity contribution in [2.24, 2.45) is 0 Å². The van der Waals surface area contributed by atoms with Crippen LogP contribution in [0.25, 0.3) is 0 Å². The molecular formula is C16H14ClFO2. The van der Waals surface area contributed by atoms with Crippen LogP contribution in [-0.4, -0.2) is 11.7 Å². The lowest BCUT2D eigenvalue weighted by Gasteiger charge is -2.12. The van der Waals surface area contributed by atoms with E-state index in [2.05, 4.69) is 0 Å². The number of halogens is 2. The molecule has 1 heterocycles. The molecule has 0 spiro atoms. The molecule has 0 bridgehead atoms. The summed E-state index contributed by atoms with van der Waals surface area (Å²) in [4.78, 5) is 0. The van der Waals surface area contributed by atoms with Gasteiger partial charge in [0.25, 0.3) is 0 Å². The van der Waals surface area contributed by atoms with Crippen LogP contribution in [0, 0.1) is 5.82 Å². The number of benzene rings is 2. The number of aliphatic hydroxyl groups is 1. The summed E-state index contributed by atoms with van der Waals surface area (Å²) in [5.74, 6) is 0.428. The fourth-order valence-corrected chi connectivity index (χ4v) is 2.54. The van der Waals surface area contributed by atoms with E-state index in [1.165, 1.54) is 12.1 Å². The Hall–Kier alpha value is -1.58. The van der Waals surface area contributed by atoms with Crippen molar-refractivity contribution < 1.29 is 14.2 Å². The molecule has 1 N–H and O–H groups in total. The summed E-state index contributed by atoms with van der Waals surface area (Å²) in [6.45, 7) is 0.692. The first kappa shape index (κ1) is 13.4. The molecule has 2 aromatic carbocycles. The van der Waals surface area contributed by atoms with E-state index in [9.17, 15) is 9.50 Å². The second kappa shape index (κ2) is 5.43. The second-order valence-corrected chi connectivity index (χ2v) is 5.34. The van der Waals surface area contributed by atoms with Gasteiger partial charge in [0.05, 0.1) is 17.7 Å². The maximum Gasteiger partial charge on any atom is 0.142 e. The van der Waals surface area contributed by atoms with Gasteiger partial charge in [0.1, 0.15) is 11.6 Å². The number of hydrogen-bond acceptors (Lipinski definition) is 2. The second-order valence-electron chi connectivity index (χ2n) is 4.93. The van der Waals surface area contributed by atoms with Gasteiger partial charge in [0, 0.05) is 12.8 Å². The summed E-state index contributed by atoms with van der Waals surface area (Å²) >= 11 is 5.65. The lowest BCUT2D eigenvalue weighted by Crippen LogP contribution is -2.02. The standard InChI is InChI=1S/C16H14ClFO2/c17-13-3-1-10(7-14(13)18)8-15(19)11-2-4-16-12(9-11)5-6-20-16/h1-4,7,9,15,19H,5-6,8H2. The molecule has 2 nitrogen and oxygen atoms in total. The van der Waals surface area contributed by atoms with Gasteiger partial charge in [0.15, 0.2) is 0 Å². The van der Waals surface area contributed by atoms with Crippen LogP contribution in [0.2, 0.25) is 5.02 Å². The van der Waals surface area contributed by atoms with Gasteiger partial charge in [-0.3, -0.25) is 0 Å². The Morgan fingerprint density at radius 3 is 2.90 bits per heavy atom. The molecule has 1 unspecified atom stereocenters. The van der Waals surface area contributed by atoms with Crippen molar-refractivity contribution in [1.82, 2.24) is 0 Å². The molecular weight excluding hydrogens is 279 g/mol. The molecule has 0 aromatic heterocycles. The Morgan fingerprint density at radius 1 is 1.25 bits per heavy atom. The lowest BCUT2D eigenvalue weighted by molar-refractivity contribution is 0.178. The van der Waals surface area contributed by atoms with Gasteiger partial charge in [-0.15, -0.1) is 0 Å². The van der Waals surface area contributed by atoms with Crippen molar-refractivity contribution in [1.29, 1.82) is 0 Å². The Morgan fingerprint density at radius 2 is 2.10 bits per heavy atom. The zero-order valence-electron chi connectivity index (χ0n) is 10.8. The first-order valence-corrected chi connectivity index (χ1v) is 6.89. The van der Waals surface area contributed by atoms with Crippen LogP contribution in [0.3, 0.4) is 0 Å². The Balaban J connectivity index is 1.78. The molecule has 1 atom stereocenters. The van der Waals surface area contributed by atoms with E-state index in [0.29, 0.717) is 13.0 Å². The van der Waals surface area contributed by atoms with Crippen molar-refractivity contribution in [2.45, 2.75) is 18.9 Å². The highest BCUT2D eigenvalue weighted by Crippen LogP contribution is 2.29. The zero-order valence-corrected chi connectivity index (χ0v) is 11.5. The third-order valence-corrected chi connectivity index (χ3v) is 3.82. The average Bonchev–Trinajstić information content (AvgIpc) is 2.90. The minimum atomic E-state index is -0.665. The zero-order chi connectivity index (χ0) is 14.1. The molecule has 0 aliphatic carbocycles. The van der Waals surface area contributed by atoms with Crippen LogP contribution < -0.4 is 4.74 Å². The van der Waals surface area contributed by atoms with Gasteiger partial charge in [-0.1, -0.05) is 23.7 Å². The molecule has 0 fully saturated rings. The van der Waals surface area contributed by atoms with Crippen LogP contribution in [0.15, 0.2) is 36.4 Å². The first-order valence-electron chi connectivity index (χ1n) is 6.51. The summed E-state index contributed by atoms with van der Waals surface area (Å²) in [5.41, 5.74) is 2.66. The highest BCUT2D eigenvalue weighted by atomic mass is 35.5. The summed E-state index contributed by atoms with van der Waals surface area (Å²) in [7, 11) is 0. The molecule has 20 heavy (non-hydrogen) atoms. The van der Waals surface area contributed by atoms with Gasteiger partial charge in [-0.25, -0.2) is 4.39 Å². The minimum Gasteiger partial charge on any atom is -0.493 e. The van der Waals surface area contributed by atoms with Crippen LogP contribution in [0.5, 0.6) is 5.75 Å². The third-order valence-electron chi connectivity index (χ3n) is 3.51. The van der Waals surface area contributed by atoms with Crippen molar-refractivity contribution in [3.05, 3.63) is 63.9 Å². The average molecular weight is 293 g/mol. The highest BCUT2D eigenvalue weighted by Gasteiger charge is 2.16. The highest BCUT2D eigenvalue weighted by molar-refractivity contribution is 6.30. The summed E-state index contributed by atoms with van der Waals surface area (Å²) in [5, 5.41) is 10.4. The smallest absolute Gasteiger partial charge is 0.142 e. The maximum atomic E-state index is 13.4. The first-order chi connectivity index (χ1) is 9.63. The van der Waals surface area contributed by atoms with Gasteiger partial charge < -0.3 is 9.84 Å². The van der Waals surface area contributed by atoms with Crippen molar-refractivity contribution in [3.8, 4) is 5.75 Å². The Kier molecular flexibility index (Phi) is 3.64. The molecule has 3 rings (SSSR count). The monoisotopic (exact) mass is 292 g/mol. The molecule has 1 aliphatic heterocycles. The van der Waals surface area contributed by atoms with E-state index in [4.69, 9.17) is 16.3 Å². The van der Waals surface area contributed by atoms with E-state index in [0.717, 1.165) is 28.9 Å². The lowest BCUT2D eigenvalue weighted by atomic mass is 9.99. The van der Waals surface area contributed by atoms with E-state index in [1.54, 1.807) is 6.07 Å². The van der Waals surface area contributed by atoms with Crippen molar-refractivity contribution in [2.75, 3.05) is 6.61 Å². The minimum absolute atomic E-state index is 0.0953. The SMILES string of the molecule is OC(Cc1ccc(Cl)c(F)c1)c1ccc2c(c1)CCO2. The van der Waals surface area contributed by atoms with E-state index < -0.39 is 11.9 Å². The van der Waals surface area contributed by atoms with Gasteiger partial charge in [0.2, 0.25) is 0 Å². The molecule has 104 valence electrons. The molecule has 1 aliphatic rings. The Labute approximate surface area is 121 Å². The van der Waals surface area contributed by atoms with Gasteiger partial charge in [-0.05, 0) is 41.0 Å². The predicted molar refractivity (Wildman–Crippen MR) is 75.7 cm³/mol. The summed E-state index contributed by atoms with van der Waals surface area (Å²) < 4.78 is 18.8. The predicted octanol–water partition coefficient (Wildman–Crippen LogP) is 3.69. The van der Waals surface area contributed by atoms with E-state index in [1.807, 2.05) is 18.2 Å². The fourth-order valence-electron chi connectivity index (χ4n) is 2.42. The summed E-state index contributed by atoms with van der Waals surface area (Å²) in [6.07, 6.45) is 0.556. The van der Waals surface area contributed by atoms with E-state index >= 15 is 0 Å². The van der Waals surface area contributed by atoms with Crippen molar-refractivity contribution in [3.63, 3.8) is 0 Å². The summed E-state index contributed by atoms with van der Waals surface area (Å²) in [6, 6.07) is 10.3. The van der Waals surface area contributed by atoms with Crippen molar-refractivity contribution >= 4 is 11.6 Å². The number of rotatable bonds is 3. The number of ether oxygens (including phenoxy) is 1. The molecule has 0 amide bonds. The number of aliphatic hydroxyl groups excluding tert-OH is 1. The fraction of sp³-hybridized carbons (Fsp3) is 0.250. The third kappa shape index (κ3) is 2.65. The normalized spacial score (nSPS) is 14.8. The van der Waals surface area contributed by atoms with Crippen LogP contribution in [-0.2, 0) is 12.8 Å². The van der Waals surface area contributed by atoms with Crippen LogP contribution >= 0.6 is 11.6 Å². The van der Waals surface area contributed by atoms with E-state index in [-0.39, 0.29) is 5.02 Å². The number of fused-ring (bicyclic) bond motifs is 1. The largest absolute Gasteiger partial charge is 0.493 e. The maximum absolute atomic E-state index is 13.4. The van der Waals surface area contributed by atoms with Gasteiger partial charge >= 0.3 is 0 Å². The van der Waals surface area contributed by atoms with Crippen LogP contribution in [0.1, 0.15) is 22.8 Å². The molecule has 0 radical (unpaired) electrons. The molecule has 0 saturated carbocycles. The van der Waals surface area contributed by atoms with Gasteiger partial charge in [-0.2, -0.15) is 0 Å².